The van der Waals surface area contributed by atoms with Gasteiger partial charge in [-0.15, -0.1) is 0 Å². The van der Waals surface area contributed by atoms with E-state index in [1.807, 2.05) is 4.72 Å². The van der Waals surface area contributed by atoms with Crippen LogP contribution in [-0.2, 0) is 32.3 Å². The van der Waals surface area contributed by atoms with Gasteiger partial charge in [0.2, 0.25) is 5.95 Å². The van der Waals surface area contributed by atoms with Crippen LogP contribution in [-0.4, -0.2) is 28.3 Å². The van der Waals surface area contributed by atoms with Crippen LogP contribution in [0.25, 0.3) is 5.65 Å². The number of aromatic nitrogens is 4. The predicted octanol–water partition coefficient (Wildman–Crippen LogP) is -0.564. The van der Waals surface area contributed by atoms with Gasteiger partial charge in [0.25, 0.3) is 0 Å². The second-order valence-corrected chi connectivity index (χ2v) is 3.22. The van der Waals surface area contributed by atoms with Gasteiger partial charge in [0.15, 0.2) is 0 Å². The van der Waals surface area contributed by atoms with E-state index in [-0.39, 0.29) is 27.0 Å². The molecule has 15 heavy (non-hydrogen) atoms. The zero-order chi connectivity index (χ0) is 10.1. The molecule has 1 unspecified atom stereocenters. The molecule has 80 valence electrons. The first-order valence-corrected chi connectivity index (χ1v) is 4.70. The first-order chi connectivity index (χ1) is 6.66. The quantitative estimate of drug-likeness (QED) is 0.544. The Bertz CT molecular complexity index is 501. The minimum Gasteiger partial charge on any atom is -0.755 e. The van der Waals surface area contributed by atoms with Crippen LogP contribution in [0.5, 0.6) is 0 Å². The molecule has 0 bridgehead atoms. The summed E-state index contributed by atoms with van der Waals surface area (Å²) in [5, 5.41) is 3.80. The van der Waals surface area contributed by atoms with E-state index in [4.69, 9.17) is 0 Å². The molecule has 0 aromatic carbocycles. The molecule has 2 heterocycles. The molecule has 0 spiro atoms. The molecule has 2 aromatic heterocycles. The van der Waals surface area contributed by atoms with Crippen LogP contribution >= 0.6 is 0 Å². The molecule has 0 aliphatic carbocycles. The fraction of sp³-hybridized carbons (Fsp3) is 0.167. The van der Waals surface area contributed by atoms with Gasteiger partial charge >= 0.3 is 0 Å². The zero-order valence-electron chi connectivity index (χ0n) is 7.50. The molecule has 0 saturated heterocycles. The van der Waals surface area contributed by atoms with Gasteiger partial charge in [-0.3, -0.25) is 13.9 Å². The van der Waals surface area contributed by atoms with Crippen molar-refractivity contribution in [3.8, 4) is 0 Å². The van der Waals surface area contributed by atoms with E-state index < -0.39 is 11.3 Å². The topological polar surface area (TPSA) is 95.2 Å². The Balaban J connectivity index is 0.00000112. The largest absolute Gasteiger partial charge is 0.755 e. The van der Waals surface area contributed by atoms with Crippen molar-refractivity contribution in [2.45, 2.75) is 6.92 Å². The maximum atomic E-state index is 10.3. The zero-order valence-corrected chi connectivity index (χ0v) is 11.2. The average molecular weight is 395 g/mol. The van der Waals surface area contributed by atoms with Crippen LogP contribution in [0.4, 0.5) is 5.95 Å². The summed E-state index contributed by atoms with van der Waals surface area (Å²) in [6.45, 7) is 1.79. The van der Waals surface area contributed by atoms with Gasteiger partial charge < -0.3 is 14.1 Å². The molecule has 0 fully saturated rings. The maximum absolute atomic E-state index is 10.3. The van der Waals surface area contributed by atoms with Crippen LogP contribution in [0, 0.1) is 13.3 Å². The van der Waals surface area contributed by atoms with Gasteiger partial charge in [0.05, 0.1) is 5.65 Å². The number of nitrogens with zero attached hydrogens (tertiary/aromatic N) is 4. The second kappa shape index (κ2) is 4.78. The standard InChI is InChI=1S/C6H6N5O2S.W/c1-4-2-7-3-11-5(4)8-6(9-11)10-14(12)13;/h2H,1H3,(H,9,10)(H,12,13);/q-1;/p-1. The predicted molar refractivity (Wildman–Crippen MR) is 46.9 cm³/mol. The minimum atomic E-state index is -2.42. The Morgan fingerprint density at radius 2 is 2.40 bits per heavy atom. The monoisotopic (exact) mass is 395 g/mol. The molecule has 1 atom stereocenters. The average Bonchev–Trinajstić information content (AvgIpc) is 2.47. The molecule has 1 N–H and O–H groups in total. The van der Waals surface area contributed by atoms with Gasteiger partial charge in [-0.2, -0.15) is 5.10 Å². The van der Waals surface area contributed by atoms with Crippen molar-refractivity contribution in [3.63, 3.8) is 0 Å². The number of anilines is 1. The molecule has 0 aliphatic rings. The molecule has 2 rings (SSSR count). The summed E-state index contributed by atoms with van der Waals surface area (Å²) in [5.41, 5.74) is 1.31. The first-order valence-electron chi connectivity index (χ1n) is 3.63. The summed E-state index contributed by atoms with van der Waals surface area (Å²) < 4.78 is 23.9. The van der Waals surface area contributed by atoms with Gasteiger partial charge in [-0.05, 0) is 0 Å². The van der Waals surface area contributed by atoms with Crippen molar-refractivity contribution in [2.24, 2.45) is 0 Å². The smallest absolute Gasteiger partial charge is 0.239 e. The van der Waals surface area contributed by atoms with E-state index in [1.165, 1.54) is 4.52 Å². The summed E-state index contributed by atoms with van der Waals surface area (Å²) in [7, 11) is 0. The van der Waals surface area contributed by atoms with E-state index in [2.05, 4.69) is 21.4 Å². The van der Waals surface area contributed by atoms with E-state index in [9.17, 15) is 8.76 Å². The van der Waals surface area contributed by atoms with Crippen LogP contribution in [0.15, 0.2) is 6.20 Å². The minimum absolute atomic E-state index is 0. The molecule has 0 saturated carbocycles. The Hall–Kier alpha value is -0.852. The number of fused-ring (bicyclic) bond motifs is 1. The molecule has 7 nitrogen and oxygen atoms in total. The van der Waals surface area contributed by atoms with Crippen LogP contribution in [0.2, 0.25) is 0 Å². The molecule has 9 heteroatoms. The van der Waals surface area contributed by atoms with Gasteiger partial charge in [-0.25, -0.2) is 0 Å². The van der Waals surface area contributed by atoms with Crippen molar-refractivity contribution in [1.82, 2.24) is 19.6 Å². The molecule has 0 radical (unpaired) electrons. The third-order valence-corrected chi connectivity index (χ3v) is 1.89. The summed E-state index contributed by atoms with van der Waals surface area (Å²) in [6, 6.07) is 0. The summed E-state index contributed by atoms with van der Waals surface area (Å²) >= 11 is -2.42. The molecular weight excluding hydrogens is 390 g/mol. The fourth-order valence-corrected chi connectivity index (χ4v) is 1.23. The molecular formula is C6H5N5O2SW-2. The van der Waals surface area contributed by atoms with Crippen molar-refractivity contribution >= 4 is 22.9 Å². The Kier molecular flexibility index (Phi) is 3.89. The van der Waals surface area contributed by atoms with E-state index in [1.54, 1.807) is 13.1 Å². The van der Waals surface area contributed by atoms with Gasteiger partial charge in [0.1, 0.15) is 0 Å². The van der Waals surface area contributed by atoms with Gasteiger partial charge in [0, 0.05) is 38.7 Å². The Morgan fingerprint density at radius 3 is 3.00 bits per heavy atom. The second-order valence-electron chi connectivity index (χ2n) is 2.55. The molecule has 0 amide bonds. The SMILES string of the molecule is Cc1cn[c-]n2nc(NS(=O)[O-])nc12.[W]. The number of hydrogen-bond acceptors (Lipinski definition) is 5. The number of rotatable bonds is 2. The van der Waals surface area contributed by atoms with Crippen molar-refractivity contribution in [2.75, 3.05) is 4.72 Å². The maximum Gasteiger partial charge on any atom is 0.239 e. The number of aryl methyl sites for hydroxylation is 1. The Morgan fingerprint density at radius 1 is 1.67 bits per heavy atom. The summed E-state index contributed by atoms with van der Waals surface area (Å²) in [5.74, 6) is 0.00526. The summed E-state index contributed by atoms with van der Waals surface area (Å²) in [4.78, 5) is 7.69. The van der Waals surface area contributed by atoms with E-state index in [0.29, 0.717) is 5.65 Å². The van der Waals surface area contributed by atoms with Crippen LogP contribution in [0.3, 0.4) is 0 Å². The number of hydrogen-bond donors (Lipinski definition) is 1. The molecule has 0 aliphatic heterocycles. The van der Waals surface area contributed by atoms with Crippen LogP contribution < -0.4 is 4.72 Å². The third-order valence-electron chi connectivity index (χ3n) is 1.55. The number of nitrogens with one attached hydrogen (secondary N) is 1. The van der Waals surface area contributed by atoms with E-state index >= 15 is 0 Å². The van der Waals surface area contributed by atoms with Crippen molar-refractivity contribution < 1.29 is 29.8 Å². The third kappa shape index (κ3) is 2.58. The van der Waals surface area contributed by atoms with Crippen molar-refractivity contribution in [3.05, 3.63) is 18.1 Å². The molecule has 2 aromatic rings. The van der Waals surface area contributed by atoms with E-state index in [0.717, 1.165) is 5.56 Å². The fourth-order valence-electron chi connectivity index (χ4n) is 0.993. The van der Waals surface area contributed by atoms with Crippen molar-refractivity contribution in [1.29, 1.82) is 0 Å². The summed E-state index contributed by atoms with van der Waals surface area (Å²) in [6.07, 6.45) is 4.11. The normalized spacial score (nSPS) is 12.1. The first kappa shape index (κ1) is 12.2. The van der Waals surface area contributed by atoms with Crippen LogP contribution in [0.1, 0.15) is 5.56 Å². The van der Waals surface area contributed by atoms with Gasteiger partial charge in [-0.1, -0.05) is 18.7 Å². The Labute approximate surface area is 102 Å².